The maximum Gasteiger partial charge on any atom is 1.00 e. The Morgan fingerprint density at radius 1 is 1.36 bits per heavy atom. The molecule has 11 heteroatoms. The van der Waals surface area contributed by atoms with Crippen molar-refractivity contribution in [3.05, 3.63) is 72.2 Å². The SMILES string of the molecule is COc1ncc(C(=O)Nc2cccc(C(C)N[C-]=CN=C3C=[N+](C)[CH-]3)c2)cc1C(F)(F)F.[K+]. The summed E-state index contributed by atoms with van der Waals surface area (Å²) in [5.41, 5.74) is 0.744. The summed E-state index contributed by atoms with van der Waals surface area (Å²) in [6.07, 6.45) is 2.60. The molecule has 1 amide bonds. The number of nitrogens with zero attached hydrogens (tertiary/aromatic N) is 3. The first-order valence-corrected chi connectivity index (χ1v) is 9.52. The molecule has 2 heterocycles. The molecular formula is C22H21F3KN5O2. The van der Waals surface area contributed by atoms with Gasteiger partial charge in [0.05, 0.1) is 31.1 Å². The third-order valence-corrected chi connectivity index (χ3v) is 4.51. The minimum atomic E-state index is -4.70. The summed E-state index contributed by atoms with van der Waals surface area (Å²) < 4.78 is 46.1. The van der Waals surface area contributed by atoms with Gasteiger partial charge in [0.2, 0.25) is 5.88 Å². The normalized spacial score (nSPS) is 15.1. The molecule has 168 valence electrons. The van der Waals surface area contributed by atoms with Gasteiger partial charge in [-0.05, 0) is 30.7 Å². The molecule has 7 nitrogen and oxygen atoms in total. The maximum atomic E-state index is 13.2. The number of nitrogens with one attached hydrogen (secondary N) is 2. The van der Waals surface area contributed by atoms with Crippen LogP contribution in [0.2, 0.25) is 0 Å². The molecule has 1 atom stereocenters. The number of aromatic nitrogens is 1. The first kappa shape index (κ1) is 27.1. The number of alkyl halides is 3. The molecule has 0 fully saturated rings. The average molecular weight is 484 g/mol. The molecule has 3 rings (SSSR count). The van der Waals surface area contributed by atoms with Gasteiger partial charge in [-0.1, -0.05) is 12.1 Å². The number of ether oxygens (including phenoxy) is 1. The quantitative estimate of drug-likeness (QED) is 0.262. The Hall–Kier alpha value is -2.18. The average Bonchev–Trinajstić information content (AvgIpc) is 2.74. The van der Waals surface area contributed by atoms with Gasteiger partial charge in [0.15, 0.2) is 0 Å². The van der Waals surface area contributed by atoms with Crippen LogP contribution in [0.15, 0.2) is 47.7 Å². The van der Waals surface area contributed by atoms with Crippen LogP contribution >= 0.6 is 0 Å². The second kappa shape index (κ2) is 11.8. The van der Waals surface area contributed by atoms with Crippen LogP contribution in [0.25, 0.3) is 0 Å². The van der Waals surface area contributed by atoms with Crippen molar-refractivity contribution in [2.24, 2.45) is 4.99 Å². The summed E-state index contributed by atoms with van der Waals surface area (Å²) in [7, 11) is 2.99. The van der Waals surface area contributed by atoms with E-state index >= 15 is 0 Å². The van der Waals surface area contributed by atoms with Gasteiger partial charge in [-0.2, -0.15) is 13.2 Å². The molecule has 0 spiro atoms. The number of carbonyl (C=O) groups is 1. The Kier molecular flexibility index (Phi) is 9.67. The summed E-state index contributed by atoms with van der Waals surface area (Å²) in [5.74, 6) is -1.31. The molecule has 2 aromatic rings. The molecule has 0 radical (unpaired) electrons. The molecule has 0 saturated heterocycles. The molecule has 1 aliphatic heterocycles. The Morgan fingerprint density at radius 3 is 2.73 bits per heavy atom. The van der Waals surface area contributed by atoms with Crippen molar-refractivity contribution >= 4 is 23.5 Å². The Labute approximate surface area is 232 Å². The van der Waals surface area contributed by atoms with Crippen LogP contribution in [-0.4, -0.2) is 41.6 Å². The van der Waals surface area contributed by atoms with Gasteiger partial charge in [0, 0.05) is 17.9 Å². The fourth-order valence-corrected chi connectivity index (χ4v) is 2.86. The van der Waals surface area contributed by atoms with Crippen LogP contribution in [0.3, 0.4) is 0 Å². The number of hydrogen-bond acceptors (Lipinski definition) is 5. The van der Waals surface area contributed by atoms with Crippen LogP contribution in [-0.2, 0) is 6.18 Å². The van der Waals surface area contributed by atoms with Crippen molar-refractivity contribution < 1.29 is 78.7 Å². The largest absolute Gasteiger partial charge is 1.00 e. The zero-order valence-electron chi connectivity index (χ0n) is 18.6. The van der Waals surface area contributed by atoms with E-state index in [9.17, 15) is 18.0 Å². The fourth-order valence-electron chi connectivity index (χ4n) is 2.86. The monoisotopic (exact) mass is 483 g/mol. The van der Waals surface area contributed by atoms with Gasteiger partial charge in [-0.25, -0.2) is 4.98 Å². The van der Waals surface area contributed by atoms with Crippen molar-refractivity contribution in [2.75, 3.05) is 19.5 Å². The van der Waals surface area contributed by atoms with Crippen LogP contribution in [0.1, 0.15) is 34.5 Å². The molecule has 0 bridgehead atoms. The van der Waals surface area contributed by atoms with E-state index in [1.54, 1.807) is 18.2 Å². The van der Waals surface area contributed by atoms with Gasteiger partial charge in [0.25, 0.3) is 5.91 Å². The molecule has 1 unspecified atom stereocenters. The van der Waals surface area contributed by atoms with Gasteiger partial charge < -0.3 is 31.1 Å². The van der Waals surface area contributed by atoms with E-state index in [0.29, 0.717) is 11.8 Å². The van der Waals surface area contributed by atoms with Gasteiger partial charge in [0.1, 0.15) is 12.6 Å². The number of carbonyl (C=O) groups excluding carboxylic acids is 1. The van der Waals surface area contributed by atoms with Gasteiger partial charge in [-0.3, -0.25) is 4.79 Å². The maximum absolute atomic E-state index is 13.2. The molecule has 0 aliphatic carbocycles. The van der Waals surface area contributed by atoms with Crippen LogP contribution in [0, 0.1) is 12.7 Å². The second-order valence-electron chi connectivity index (χ2n) is 6.98. The summed E-state index contributed by atoms with van der Waals surface area (Å²) in [6, 6.07) is 7.49. The van der Waals surface area contributed by atoms with E-state index in [4.69, 9.17) is 0 Å². The number of halogens is 3. The minimum absolute atomic E-state index is 0. The van der Waals surface area contributed by atoms with E-state index < -0.39 is 23.5 Å². The fraction of sp³-hybridized carbons (Fsp3) is 0.227. The van der Waals surface area contributed by atoms with Gasteiger partial charge in [-0.15, -0.1) is 6.20 Å². The Bertz CT molecular complexity index is 1100. The number of benzene rings is 1. The molecule has 1 aliphatic rings. The van der Waals surface area contributed by atoms with E-state index in [-0.39, 0.29) is 63.0 Å². The van der Waals surface area contributed by atoms with Crippen LogP contribution < -0.4 is 66.8 Å². The van der Waals surface area contributed by atoms with Crippen molar-refractivity contribution in [1.29, 1.82) is 0 Å². The number of amides is 1. The van der Waals surface area contributed by atoms with Crippen molar-refractivity contribution in [3.63, 3.8) is 0 Å². The number of anilines is 1. The standard InChI is InChI=1S/C22H21F3N5O2.K/c1-14(26-7-8-27-18-12-30(2)13-18)15-5-4-6-17(9-15)29-20(31)16-10-19(22(23,24)25)21(32-3)28-11-16;/h4-6,8-14,26H,1-3H3,(H,29,31);/q-1;+1. The number of pyridine rings is 1. The Balaban J connectivity index is 0.00000385. The van der Waals surface area contributed by atoms with Crippen molar-refractivity contribution in [2.45, 2.75) is 19.1 Å². The molecule has 1 aromatic heterocycles. The summed E-state index contributed by atoms with van der Waals surface area (Å²) >= 11 is 0. The van der Waals surface area contributed by atoms with Gasteiger partial charge >= 0.3 is 57.6 Å². The van der Waals surface area contributed by atoms with E-state index in [0.717, 1.165) is 24.6 Å². The number of hydrogen-bond donors (Lipinski definition) is 2. The second-order valence-corrected chi connectivity index (χ2v) is 6.98. The summed E-state index contributed by atoms with van der Waals surface area (Å²) in [5, 5.41) is 5.64. The van der Waals surface area contributed by atoms with Crippen LogP contribution in [0.4, 0.5) is 18.9 Å². The Morgan fingerprint density at radius 2 is 2.09 bits per heavy atom. The smallest absolute Gasteiger partial charge is 0.560 e. The summed E-state index contributed by atoms with van der Waals surface area (Å²) in [4.78, 5) is 20.3. The number of aliphatic imine (C=N–C) groups is 1. The van der Waals surface area contributed by atoms with Crippen molar-refractivity contribution in [1.82, 2.24) is 10.3 Å². The first-order chi connectivity index (χ1) is 15.2. The third kappa shape index (κ3) is 7.41. The topological polar surface area (TPSA) is 78.6 Å². The van der Waals surface area contributed by atoms with E-state index in [2.05, 4.69) is 31.5 Å². The number of methoxy groups -OCH3 is 1. The van der Waals surface area contributed by atoms with Crippen LogP contribution in [0.5, 0.6) is 5.88 Å². The number of rotatable bonds is 7. The predicted octanol–water partition coefficient (Wildman–Crippen LogP) is 0.620. The zero-order chi connectivity index (χ0) is 23.3. The zero-order valence-corrected chi connectivity index (χ0v) is 21.7. The van der Waals surface area contributed by atoms with Crippen molar-refractivity contribution in [3.8, 4) is 5.88 Å². The molecule has 33 heavy (non-hydrogen) atoms. The molecular weight excluding hydrogens is 462 g/mol. The molecule has 0 saturated carbocycles. The third-order valence-electron chi connectivity index (χ3n) is 4.51. The van der Waals surface area contributed by atoms with E-state index in [1.807, 2.05) is 37.4 Å². The first-order valence-electron chi connectivity index (χ1n) is 9.52. The molecule has 1 aromatic carbocycles. The molecule has 2 N–H and O–H groups in total. The van der Waals surface area contributed by atoms with E-state index in [1.165, 1.54) is 6.20 Å². The predicted molar refractivity (Wildman–Crippen MR) is 114 cm³/mol. The minimum Gasteiger partial charge on any atom is -0.560 e. The summed E-state index contributed by atoms with van der Waals surface area (Å²) in [6.45, 7) is 3.76.